The zero-order valence-electron chi connectivity index (χ0n) is 11.3. The largest absolute Gasteiger partial charge is 0.306 e. The number of alkyl halides is 1. The first kappa shape index (κ1) is 14.7. The zero-order valence-corrected chi connectivity index (χ0v) is 12.9. The quantitative estimate of drug-likeness (QED) is 0.781. The van der Waals surface area contributed by atoms with Crippen LogP contribution < -0.4 is 5.32 Å². The van der Waals surface area contributed by atoms with Crippen molar-refractivity contribution in [3.8, 4) is 0 Å². The summed E-state index contributed by atoms with van der Waals surface area (Å²) < 4.78 is 2.05. The summed E-state index contributed by atoms with van der Waals surface area (Å²) in [5, 5.41) is 9.15. The van der Waals surface area contributed by atoms with E-state index in [2.05, 4.69) is 71.0 Å². The zero-order chi connectivity index (χ0) is 12.9. The minimum absolute atomic E-state index is 0.156. The standard InChI is InChI=1S/C13H24BrN3/c1-5-11(2)17-9-6-12(16-17)10-15-13(3,4)7-8-14/h6,9,11,15H,5,7-8,10H2,1-4H3. The molecule has 1 N–H and O–H groups in total. The molecule has 1 atom stereocenters. The van der Waals surface area contributed by atoms with Crippen LogP contribution in [0.15, 0.2) is 12.3 Å². The first-order valence-electron chi connectivity index (χ1n) is 6.33. The van der Waals surface area contributed by atoms with E-state index in [1.54, 1.807) is 0 Å². The Morgan fingerprint density at radius 3 is 2.82 bits per heavy atom. The maximum atomic E-state index is 4.59. The first-order valence-corrected chi connectivity index (χ1v) is 7.45. The summed E-state index contributed by atoms with van der Waals surface area (Å²) in [4.78, 5) is 0. The summed E-state index contributed by atoms with van der Waals surface area (Å²) in [6.45, 7) is 9.66. The van der Waals surface area contributed by atoms with Crippen molar-refractivity contribution in [2.45, 2.75) is 58.7 Å². The van der Waals surface area contributed by atoms with Crippen molar-refractivity contribution in [1.29, 1.82) is 0 Å². The molecule has 4 heteroatoms. The molecule has 3 nitrogen and oxygen atoms in total. The number of nitrogens with zero attached hydrogens (tertiary/aromatic N) is 2. The summed E-state index contributed by atoms with van der Waals surface area (Å²) in [6, 6.07) is 2.59. The van der Waals surface area contributed by atoms with Gasteiger partial charge in [0.05, 0.1) is 5.69 Å². The molecule has 0 aliphatic rings. The van der Waals surface area contributed by atoms with Crippen molar-refractivity contribution < 1.29 is 0 Å². The van der Waals surface area contributed by atoms with Gasteiger partial charge in [0.1, 0.15) is 0 Å². The molecule has 0 aromatic carbocycles. The van der Waals surface area contributed by atoms with Crippen LogP contribution in [-0.4, -0.2) is 20.6 Å². The Labute approximate surface area is 113 Å². The molecule has 0 radical (unpaired) electrons. The second-order valence-corrected chi connectivity index (χ2v) is 6.01. The van der Waals surface area contributed by atoms with Gasteiger partial charge in [-0.05, 0) is 39.7 Å². The Balaban J connectivity index is 2.50. The van der Waals surface area contributed by atoms with Gasteiger partial charge in [-0.15, -0.1) is 0 Å². The molecule has 0 bridgehead atoms. The van der Waals surface area contributed by atoms with Gasteiger partial charge >= 0.3 is 0 Å². The summed E-state index contributed by atoms with van der Waals surface area (Å²) in [5.74, 6) is 0. The molecule has 0 aliphatic carbocycles. The molecule has 0 saturated carbocycles. The fourth-order valence-electron chi connectivity index (χ4n) is 1.56. The van der Waals surface area contributed by atoms with E-state index in [9.17, 15) is 0 Å². The van der Waals surface area contributed by atoms with Crippen molar-refractivity contribution in [2.75, 3.05) is 5.33 Å². The van der Waals surface area contributed by atoms with Crippen LogP contribution >= 0.6 is 15.9 Å². The third-order valence-corrected chi connectivity index (χ3v) is 3.57. The summed E-state index contributed by atoms with van der Waals surface area (Å²) in [5.41, 5.74) is 1.27. The van der Waals surface area contributed by atoms with E-state index in [1.165, 1.54) is 0 Å². The molecular weight excluding hydrogens is 278 g/mol. The fraction of sp³-hybridized carbons (Fsp3) is 0.769. The average Bonchev–Trinajstić information content (AvgIpc) is 2.74. The van der Waals surface area contributed by atoms with E-state index in [1.807, 2.05) is 0 Å². The molecule has 0 saturated heterocycles. The predicted molar refractivity (Wildman–Crippen MR) is 76.6 cm³/mol. The molecule has 0 spiro atoms. The SMILES string of the molecule is CCC(C)n1ccc(CNC(C)(C)CCBr)n1. The molecule has 17 heavy (non-hydrogen) atoms. The predicted octanol–water partition coefficient (Wildman–Crippen LogP) is 3.51. The maximum Gasteiger partial charge on any atom is 0.0762 e. The van der Waals surface area contributed by atoms with Crippen LogP contribution in [0.1, 0.15) is 52.3 Å². The van der Waals surface area contributed by atoms with Crippen molar-refractivity contribution in [2.24, 2.45) is 0 Å². The van der Waals surface area contributed by atoms with Gasteiger partial charge in [0.15, 0.2) is 0 Å². The van der Waals surface area contributed by atoms with Crippen LogP contribution in [0.5, 0.6) is 0 Å². The van der Waals surface area contributed by atoms with Crippen molar-refractivity contribution in [3.63, 3.8) is 0 Å². The van der Waals surface area contributed by atoms with Crippen LogP contribution in [0, 0.1) is 0 Å². The third-order valence-electron chi connectivity index (χ3n) is 3.17. The number of hydrogen-bond acceptors (Lipinski definition) is 2. The Hall–Kier alpha value is -0.350. The Bertz CT molecular complexity index is 333. The second kappa shape index (κ2) is 6.55. The van der Waals surface area contributed by atoms with E-state index in [4.69, 9.17) is 0 Å². The summed E-state index contributed by atoms with van der Waals surface area (Å²) in [7, 11) is 0. The minimum Gasteiger partial charge on any atom is -0.306 e. The lowest BCUT2D eigenvalue weighted by Gasteiger charge is -2.24. The minimum atomic E-state index is 0.156. The van der Waals surface area contributed by atoms with Crippen LogP contribution in [0.4, 0.5) is 0 Å². The highest BCUT2D eigenvalue weighted by Crippen LogP contribution is 2.12. The lowest BCUT2D eigenvalue weighted by atomic mass is 10.0. The number of rotatable bonds is 7. The van der Waals surface area contributed by atoms with E-state index in [0.717, 1.165) is 30.4 Å². The molecular formula is C13H24BrN3. The van der Waals surface area contributed by atoms with Crippen LogP contribution in [0.2, 0.25) is 0 Å². The summed E-state index contributed by atoms with van der Waals surface area (Å²) >= 11 is 3.48. The highest BCUT2D eigenvalue weighted by atomic mass is 79.9. The Morgan fingerprint density at radius 1 is 1.53 bits per heavy atom. The van der Waals surface area contributed by atoms with Crippen LogP contribution in [-0.2, 0) is 6.54 Å². The van der Waals surface area contributed by atoms with Gasteiger partial charge in [-0.25, -0.2) is 0 Å². The molecule has 1 aromatic rings. The average molecular weight is 302 g/mol. The highest BCUT2D eigenvalue weighted by Gasteiger charge is 2.16. The number of halogens is 1. The van der Waals surface area contributed by atoms with E-state index in [-0.39, 0.29) is 5.54 Å². The molecule has 1 aromatic heterocycles. The number of hydrogen-bond donors (Lipinski definition) is 1. The highest BCUT2D eigenvalue weighted by molar-refractivity contribution is 9.09. The van der Waals surface area contributed by atoms with Gasteiger partial charge in [0.2, 0.25) is 0 Å². The van der Waals surface area contributed by atoms with E-state index >= 15 is 0 Å². The van der Waals surface area contributed by atoms with Crippen molar-refractivity contribution in [3.05, 3.63) is 18.0 Å². The van der Waals surface area contributed by atoms with Gasteiger partial charge in [0, 0.05) is 29.7 Å². The van der Waals surface area contributed by atoms with Crippen LogP contribution in [0.3, 0.4) is 0 Å². The lowest BCUT2D eigenvalue weighted by Crippen LogP contribution is -2.39. The monoisotopic (exact) mass is 301 g/mol. The van der Waals surface area contributed by atoms with E-state index < -0.39 is 0 Å². The van der Waals surface area contributed by atoms with E-state index in [0.29, 0.717) is 6.04 Å². The van der Waals surface area contributed by atoms with Gasteiger partial charge in [0.25, 0.3) is 0 Å². The van der Waals surface area contributed by atoms with Gasteiger partial charge in [-0.2, -0.15) is 5.10 Å². The molecule has 98 valence electrons. The Morgan fingerprint density at radius 2 is 2.24 bits per heavy atom. The summed E-state index contributed by atoms with van der Waals surface area (Å²) in [6.07, 6.45) is 4.30. The third kappa shape index (κ3) is 4.80. The molecule has 1 unspecified atom stereocenters. The maximum absolute atomic E-state index is 4.59. The number of nitrogens with one attached hydrogen (secondary N) is 1. The van der Waals surface area contributed by atoms with Crippen molar-refractivity contribution >= 4 is 15.9 Å². The van der Waals surface area contributed by atoms with Crippen molar-refractivity contribution in [1.82, 2.24) is 15.1 Å². The normalized spacial score (nSPS) is 13.9. The van der Waals surface area contributed by atoms with Gasteiger partial charge < -0.3 is 5.32 Å². The second-order valence-electron chi connectivity index (χ2n) is 5.22. The molecule has 1 heterocycles. The van der Waals surface area contributed by atoms with Gasteiger partial charge in [-0.1, -0.05) is 22.9 Å². The van der Waals surface area contributed by atoms with Crippen LogP contribution in [0.25, 0.3) is 0 Å². The van der Waals surface area contributed by atoms with Gasteiger partial charge in [-0.3, -0.25) is 4.68 Å². The fourth-order valence-corrected chi connectivity index (χ4v) is 2.55. The first-order chi connectivity index (χ1) is 7.98. The Kier molecular flexibility index (Phi) is 5.67. The topological polar surface area (TPSA) is 29.9 Å². The molecule has 1 rings (SSSR count). The lowest BCUT2D eigenvalue weighted by molar-refractivity contribution is 0.373. The number of aromatic nitrogens is 2. The smallest absolute Gasteiger partial charge is 0.0762 e. The molecule has 0 amide bonds. The molecule has 0 fully saturated rings. The molecule has 0 aliphatic heterocycles.